The highest BCUT2D eigenvalue weighted by atomic mass is 19.4. The van der Waals surface area contributed by atoms with E-state index in [4.69, 9.17) is 0 Å². The molecule has 0 atom stereocenters. The Bertz CT molecular complexity index is 632. The minimum Gasteiger partial charge on any atom is -0.406 e. The maximum atomic E-state index is 12.3. The van der Waals surface area contributed by atoms with E-state index in [1.807, 2.05) is 0 Å². The Labute approximate surface area is 150 Å². The molecule has 0 aromatic heterocycles. The van der Waals surface area contributed by atoms with Gasteiger partial charge in [0.15, 0.2) is 0 Å². The summed E-state index contributed by atoms with van der Waals surface area (Å²) in [5.41, 5.74) is 0.722. The zero-order valence-electron chi connectivity index (χ0n) is 14.4. The number of alkyl halides is 3. The second-order valence-corrected chi connectivity index (χ2v) is 7.98. The van der Waals surface area contributed by atoms with E-state index >= 15 is 0 Å². The summed E-state index contributed by atoms with van der Waals surface area (Å²) in [5, 5.41) is 5.96. The van der Waals surface area contributed by atoms with E-state index in [9.17, 15) is 18.0 Å². The number of hydrogen-bond acceptors (Lipinski definition) is 2. The highest BCUT2D eigenvalue weighted by Crippen LogP contribution is 2.53. The smallest absolute Gasteiger partial charge is 0.406 e. The van der Waals surface area contributed by atoms with Crippen LogP contribution in [0.4, 0.5) is 18.0 Å². The van der Waals surface area contributed by atoms with Gasteiger partial charge in [-0.3, -0.25) is 0 Å². The number of carbonyl (C=O) groups excluding carboxylic acids is 1. The fourth-order valence-corrected chi connectivity index (χ4v) is 5.35. The van der Waals surface area contributed by atoms with Crippen molar-refractivity contribution in [3.8, 4) is 5.75 Å². The second kappa shape index (κ2) is 6.67. The van der Waals surface area contributed by atoms with Crippen LogP contribution in [0.2, 0.25) is 0 Å². The third-order valence-corrected chi connectivity index (χ3v) is 6.13. The Kier molecular flexibility index (Phi) is 4.49. The summed E-state index contributed by atoms with van der Waals surface area (Å²) < 4.78 is 40.3. The summed E-state index contributed by atoms with van der Waals surface area (Å²) in [6.45, 7) is 0.269. The van der Waals surface area contributed by atoms with Gasteiger partial charge >= 0.3 is 12.4 Å². The molecule has 0 saturated heterocycles. The van der Waals surface area contributed by atoms with Gasteiger partial charge in [0.2, 0.25) is 0 Å². The van der Waals surface area contributed by atoms with Crippen molar-refractivity contribution in [1.29, 1.82) is 0 Å². The van der Waals surface area contributed by atoms with Crippen molar-refractivity contribution in [1.82, 2.24) is 10.6 Å². The molecule has 4 bridgehead atoms. The largest absolute Gasteiger partial charge is 0.573 e. The van der Waals surface area contributed by atoms with Gasteiger partial charge < -0.3 is 15.4 Å². The lowest BCUT2D eigenvalue weighted by Gasteiger charge is -2.54. The monoisotopic (exact) mass is 368 g/mol. The van der Waals surface area contributed by atoms with Crippen LogP contribution in [-0.4, -0.2) is 18.4 Å². The molecule has 4 aliphatic rings. The average Bonchev–Trinajstić information content (AvgIpc) is 2.55. The van der Waals surface area contributed by atoms with Crippen LogP contribution in [-0.2, 0) is 6.54 Å². The van der Waals surface area contributed by atoms with E-state index in [1.54, 1.807) is 0 Å². The van der Waals surface area contributed by atoms with Crippen molar-refractivity contribution in [2.45, 2.75) is 51.1 Å². The first-order chi connectivity index (χ1) is 12.4. The Balaban J connectivity index is 1.27. The predicted octanol–water partition coefficient (Wildman–Crippen LogP) is 4.21. The number of ether oxygens (including phenoxy) is 1. The first kappa shape index (κ1) is 17.5. The molecule has 1 aromatic carbocycles. The normalized spacial score (nSPS) is 32.3. The maximum Gasteiger partial charge on any atom is 0.573 e. The van der Waals surface area contributed by atoms with Gasteiger partial charge in [0.05, 0.1) is 0 Å². The fraction of sp³-hybridized carbons (Fsp3) is 0.632. The average molecular weight is 368 g/mol. The first-order valence-electron chi connectivity index (χ1n) is 9.25. The van der Waals surface area contributed by atoms with Crippen LogP contribution < -0.4 is 15.4 Å². The van der Waals surface area contributed by atoms with Crippen molar-refractivity contribution >= 4 is 6.03 Å². The molecular formula is C19H23F3N2O2. The van der Waals surface area contributed by atoms with E-state index < -0.39 is 6.36 Å². The van der Waals surface area contributed by atoms with Gasteiger partial charge in [-0.1, -0.05) is 12.1 Å². The lowest BCUT2D eigenvalue weighted by Crippen LogP contribution is -2.57. The highest BCUT2D eigenvalue weighted by Gasteiger charge is 2.48. The number of amides is 2. The lowest BCUT2D eigenvalue weighted by molar-refractivity contribution is -0.274. The molecule has 2 amide bonds. The van der Waals surface area contributed by atoms with Gasteiger partial charge in [-0.25, -0.2) is 4.79 Å². The van der Waals surface area contributed by atoms with Crippen LogP contribution in [0, 0.1) is 23.7 Å². The van der Waals surface area contributed by atoms with E-state index in [-0.39, 0.29) is 24.4 Å². The van der Waals surface area contributed by atoms with Crippen LogP contribution in [0.3, 0.4) is 0 Å². The molecule has 4 nitrogen and oxygen atoms in total. The minimum absolute atomic E-state index is 0.196. The Morgan fingerprint density at radius 2 is 1.58 bits per heavy atom. The van der Waals surface area contributed by atoms with Gasteiger partial charge in [-0.15, -0.1) is 13.2 Å². The molecule has 5 rings (SSSR count). The minimum atomic E-state index is -4.70. The molecule has 0 spiro atoms. The van der Waals surface area contributed by atoms with E-state index in [1.165, 1.54) is 56.4 Å². The van der Waals surface area contributed by atoms with Crippen molar-refractivity contribution in [2.75, 3.05) is 0 Å². The third kappa shape index (κ3) is 3.91. The summed E-state index contributed by atoms with van der Waals surface area (Å²) in [6.07, 6.45) is 1.62. The SMILES string of the molecule is O=C(NCc1ccc(OC(F)(F)F)cc1)NC1C2CC3CC(C2)CC1C3. The van der Waals surface area contributed by atoms with Gasteiger partial charge in [0, 0.05) is 12.6 Å². The number of halogens is 3. The van der Waals surface area contributed by atoms with Crippen LogP contribution in [0.1, 0.15) is 37.7 Å². The van der Waals surface area contributed by atoms with Gasteiger partial charge in [-0.05, 0) is 73.5 Å². The van der Waals surface area contributed by atoms with Crippen LogP contribution in [0.5, 0.6) is 5.75 Å². The molecular weight excluding hydrogens is 345 g/mol. The van der Waals surface area contributed by atoms with Crippen molar-refractivity contribution in [3.05, 3.63) is 29.8 Å². The number of urea groups is 1. The Hall–Kier alpha value is -1.92. The van der Waals surface area contributed by atoms with Crippen molar-refractivity contribution in [3.63, 3.8) is 0 Å². The molecule has 7 heteroatoms. The third-order valence-electron chi connectivity index (χ3n) is 6.13. The zero-order valence-corrected chi connectivity index (χ0v) is 14.4. The number of hydrogen-bond donors (Lipinski definition) is 2. The predicted molar refractivity (Wildman–Crippen MR) is 89.3 cm³/mol. The molecule has 0 aliphatic heterocycles. The van der Waals surface area contributed by atoms with Crippen LogP contribution >= 0.6 is 0 Å². The molecule has 4 fully saturated rings. The zero-order chi connectivity index (χ0) is 18.3. The summed E-state index contributed by atoms with van der Waals surface area (Å²) in [7, 11) is 0. The number of carbonyl (C=O) groups is 1. The van der Waals surface area contributed by atoms with Gasteiger partial charge in [-0.2, -0.15) is 0 Å². The number of rotatable bonds is 4. The molecule has 2 N–H and O–H groups in total. The van der Waals surface area contributed by atoms with Gasteiger partial charge in [0.25, 0.3) is 0 Å². The van der Waals surface area contributed by atoms with Crippen LogP contribution in [0.15, 0.2) is 24.3 Å². The molecule has 0 heterocycles. The van der Waals surface area contributed by atoms with Gasteiger partial charge in [0.1, 0.15) is 5.75 Å². The molecule has 4 aliphatic carbocycles. The van der Waals surface area contributed by atoms with E-state index in [0.29, 0.717) is 11.8 Å². The Morgan fingerprint density at radius 1 is 1.00 bits per heavy atom. The molecule has 142 valence electrons. The molecule has 26 heavy (non-hydrogen) atoms. The summed E-state index contributed by atoms with van der Waals surface area (Å²) >= 11 is 0. The van der Waals surface area contributed by atoms with Crippen molar-refractivity contribution < 1.29 is 22.7 Å². The van der Waals surface area contributed by atoms with Crippen LogP contribution in [0.25, 0.3) is 0 Å². The topological polar surface area (TPSA) is 50.4 Å². The van der Waals surface area contributed by atoms with Crippen molar-refractivity contribution in [2.24, 2.45) is 23.7 Å². The summed E-state index contributed by atoms with van der Waals surface area (Å²) in [5.74, 6) is 2.66. The lowest BCUT2D eigenvalue weighted by atomic mass is 9.54. The molecule has 0 radical (unpaired) electrons. The molecule has 0 unspecified atom stereocenters. The highest BCUT2D eigenvalue weighted by molar-refractivity contribution is 5.74. The number of nitrogens with one attached hydrogen (secondary N) is 2. The summed E-state index contributed by atoms with van der Waals surface area (Å²) in [6, 6.07) is 5.61. The second-order valence-electron chi connectivity index (χ2n) is 7.98. The maximum absolute atomic E-state index is 12.3. The summed E-state index contributed by atoms with van der Waals surface area (Å²) in [4.78, 5) is 12.3. The van der Waals surface area contributed by atoms with E-state index in [0.717, 1.165) is 17.4 Å². The first-order valence-corrected chi connectivity index (χ1v) is 9.25. The molecule has 4 saturated carbocycles. The standard InChI is InChI=1S/C19H23F3N2O2/c20-19(21,22)26-16-3-1-11(2-4-16)10-23-18(25)24-17-14-6-12-5-13(8-14)9-15(17)7-12/h1-4,12-15,17H,5-10H2,(H2,23,24,25). The molecule has 1 aromatic rings. The number of benzene rings is 1. The fourth-order valence-electron chi connectivity index (χ4n) is 5.35. The Morgan fingerprint density at radius 3 is 2.12 bits per heavy atom. The van der Waals surface area contributed by atoms with E-state index in [2.05, 4.69) is 15.4 Å². The quantitative estimate of drug-likeness (QED) is 0.837.